The third-order valence-electron chi connectivity index (χ3n) is 3.98. The van der Waals surface area contributed by atoms with Crippen LogP contribution in [0.15, 0.2) is 24.3 Å². The molecular formula is C16H23FN2O3S. The molecule has 2 rings (SSSR count). The van der Waals surface area contributed by atoms with Gasteiger partial charge in [-0.2, -0.15) is 0 Å². The molecule has 0 bridgehead atoms. The number of nitrogens with one attached hydrogen (secondary N) is 2. The van der Waals surface area contributed by atoms with Crippen LogP contribution in [0.5, 0.6) is 0 Å². The maximum Gasteiger partial charge on any atom is 0.234 e. The summed E-state index contributed by atoms with van der Waals surface area (Å²) in [7, 11) is -3.00. The Morgan fingerprint density at radius 3 is 2.48 bits per heavy atom. The molecule has 1 aromatic carbocycles. The van der Waals surface area contributed by atoms with Gasteiger partial charge >= 0.3 is 0 Å². The molecule has 0 spiro atoms. The van der Waals surface area contributed by atoms with Crippen molar-refractivity contribution in [3.8, 4) is 0 Å². The molecule has 1 aliphatic rings. The molecule has 2 unspecified atom stereocenters. The van der Waals surface area contributed by atoms with Crippen LogP contribution in [0.25, 0.3) is 0 Å². The summed E-state index contributed by atoms with van der Waals surface area (Å²) in [4.78, 5) is 12.0. The second-order valence-electron chi connectivity index (χ2n) is 6.32. The van der Waals surface area contributed by atoms with E-state index in [0.29, 0.717) is 6.42 Å². The van der Waals surface area contributed by atoms with Crippen LogP contribution in [-0.2, 0) is 14.6 Å². The normalized spacial score (nSPS) is 21.3. The fourth-order valence-electron chi connectivity index (χ4n) is 2.80. The smallest absolute Gasteiger partial charge is 0.234 e. The van der Waals surface area contributed by atoms with Crippen LogP contribution in [0.3, 0.4) is 0 Å². The number of halogens is 1. The number of rotatable bonds is 6. The lowest BCUT2D eigenvalue weighted by Crippen LogP contribution is -2.42. The Morgan fingerprint density at radius 1 is 1.30 bits per heavy atom. The molecule has 0 aromatic heterocycles. The third-order valence-corrected chi connectivity index (χ3v) is 5.74. The maximum absolute atomic E-state index is 13.0. The molecule has 2 atom stereocenters. The number of benzene rings is 1. The molecule has 0 aliphatic carbocycles. The Balaban J connectivity index is 1.89. The van der Waals surface area contributed by atoms with Crippen molar-refractivity contribution < 1.29 is 17.6 Å². The highest BCUT2D eigenvalue weighted by Crippen LogP contribution is 2.21. The van der Waals surface area contributed by atoms with E-state index in [-0.39, 0.29) is 47.8 Å². The molecule has 7 heteroatoms. The quantitative estimate of drug-likeness (QED) is 0.820. The fraction of sp³-hybridized carbons (Fsp3) is 0.562. The highest BCUT2D eigenvalue weighted by atomic mass is 32.2. The Hall–Kier alpha value is -1.47. The number of carbonyl (C=O) groups excluding carboxylic acids is 1. The van der Waals surface area contributed by atoms with E-state index >= 15 is 0 Å². The van der Waals surface area contributed by atoms with Crippen molar-refractivity contribution in [3.63, 3.8) is 0 Å². The van der Waals surface area contributed by atoms with E-state index in [2.05, 4.69) is 10.6 Å². The van der Waals surface area contributed by atoms with Crippen molar-refractivity contribution in [1.82, 2.24) is 10.6 Å². The van der Waals surface area contributed by atoms with Crippen LogP contribution in [0, 0.1) is 11.7 Å². The Kier molecular flexibility index (Phi) is 5.75. The van der Waals surface area contributed by atoms with E-state index in [1.54, 1.807) is 12.1 Å². The Labute approximate surface area is 136 Å². The summed E-state index contributed by atoms with van der Waals surface area (Å²) in [5.41, 5.74) is 0.914. The Morgan fingerprint density at radius 2 is 1.96 bits per heavy atom. The molecule has 1 saturated heterocycles. The van der Waals surface area contributed by atoms with Crippen molar-refractivity contribution in [2.45, 2.75) is 32.4 Å². The molecule has 0 radical (unpaired) electrons. The highest BCUT2D eigenvalue weighted by Gasteiger charge is 2.29. The minimum Gasteiger partial charge on any atom is -0.351 e. The summed E-state index contributed by atoms with van der Waals surface area (Å²) in [5, 5.41) is 5.91. The van der Waals surface area contributed by atoms with Crippen LogP contribution < -0.4 is 10.6 Å². The monoisotopic (exact) mass is 342 g/mol. The minimum atomic E-state index is -3.00. The zero-order valence-electron chi connectivity index (χ0n) is 13.4. The van der Waals surface area contributed by atoms with Crippen LogP contribution in [0.1, 0.15) is 31.9 Å². The first-order valence-electron chi connectivity index (χ1n) is 7.75. The zero-order valence-corrected chi connectivity index (χ0v) is 14.2. The predicted octanol–water partition coefficient (Wildman–Crippen LogP) is 1.42. The summed E-state index contributed by atoms with van der Waals surface area (Å²) in [6.07, 6.45) is 0.472. The van der Waals surface area contributed by atoms with Crippen molar-refractivity contribution in [3.05, 3.63) is 35.6 Å². The van der Waals surface area contributed by atoms with Crippen molar-refractivity contribution in [1.29, 1.82) is 0 Å². The first-order chi connectivity index (χ1) is 10.8. The van der Waals surface area contributed by atoms with Gasteiger partial charge in [0, 0.05) is 12.1 Å². The van der Waals surface area contributed by atoms with Crippen molar-refractivity contribution in [2.75, 3.05) is 18.1 Å². The van der Waals surface area contributed by atoms with E-state index in [1.165, 1.54) is 12.1 Å². The van der Waals surface area contributed by atoms with Crippen molar-refractivity contribution >= 4 is 15.7 Å². The highest BCUT2D eigenvalue weighted by molar-refractivity contribution is 7.91. The number of amides is 1. The first kappa shape index (κ1) is 17.9. The van der Waals surface area contributed by atoms with E-state index in [4.69, 9.17) is 0 Å². The standard InChI is InChI=1S/C16H23FN2O3S/c1-11(2)16(12-3-5-13(17)6-4-12)18-9-15(20)19-14-7-8-23(21,22)10-14/h3-6,11,14,16,18H,7-10H2,1-2H3,(H,19,20). The lowest BCUT2D eigenvalue weighted by Gasteiger charge is -2.23. The van der Waals surface area contributed by atoms with Crippen molar-refractivity contribution in [2.24, 2.45) is 5.92 Å². The number of sulfone groups is 1. The van der Waals surface area contributed by atoms with Gasteiger partial charge in [0.25, 0.3) is 0 Å². The summed E-state index contributed by atoms with van der Waals surface area (Å²) in [5.74, 6) is -0.142. The average Bonchev–Trinajstić information content (AvgIpc) is 2.79. The molecule has 1 heterocycles. The molecule has 0 saturated carbocycles. The van der Waals surface area contributed by atoms with Gasteiger partial charge in [0.15, 0.2) is 9.84 Å². The SMILES string of the molecule is CC(C)C(NCC(=O)NC1CCS(=O)(=O)C1)c1ccc(F)cc1. The van der Waals surface area contributed by atoms with Gasteiger partial charge < -0.3 is 10.6 Å². The number of carbonyl (C=O) groups is 1. The fourth-order valence-corrected chi connectivity index (χ4v) is 4.47. The molecule has 1 aliphatic heterocycles. The minimum absolute atomic E-state index is 0.0182. The van der Waals surface area contributed by atoms with Gasteiger partial charge in [-0.15, -0.1) is 0 Å². The molecular weight excluding hydrogens is 319 g/mol. The number of hydrogen-bond acceptors (Lipinski definition) is 4. The van der Waals surface area contributed by atoms with Gasteiger partial charge in [-0.25, -0.2) is 12.8 Å². The van der Waals surface area contributed by atoms with E-state index in [1.807, 2.05) is 13.8 Å². The molecule has 1 fully saturated rings. The van der Waals surface area contributed by atoms with Gasteiger partial charge in [0.05, 0.1) is 18.1 Å². The third kappa shape index (κ3) is 5.28. The maximum atomic E-state index is 13.0. The molecule has 23 heavy (non-hydrogen) atoms. The summed E-state index contributed by atoms with van der Waals surface area (Å²) < 4.78 is 35.8. The van der Waals surface area contributed by atoms with Gasteiger partial charge in [-0.05, 0) is 30.0 Å². The lowest BCUT2D eigenvalue weighted by molar-refractivity contribution is -0.121. The van der Waals surface area contributed by atoms with Gasteiger partial charge in [0.1, 0.15) is 5.82 Å². The molecule has 1 amide bonds. The van der Waals surface area contributed by atoms with E-state index in [0.717, 1.165) is 5.56 Å². The van der Waals surface area contributed by atoms with Crippen LogP contribution >= 0.6 is 0 Å². The average molecular weight is 342 g/mol. The summed E-state index contributed by atoms with van der Waals surface area (Å²) in [6, 6.07) is 5.83. The van der Waals surface area contributed by atoms with Crippen LogP contribution in [-0.4, -0.2) is 38.4 Å². The lowest BCUT2D eigenvalue weighted by atomic mass is 9.96. The number of hydrogen-bond donors (Lipinski definition) is 2. The van der Waals surface area contributed by atoms with Crippen LogP contribution in [0.4, 0.5) is 4.39 Å². The summed E-state index contributed by atoms with van der Waals surface area (Å²) in [6.45, 7) is 4.13. The molecule has 128 valence electrons. The molecule has 2 N–H and O–H groups in total. The van der Waals surface area contributed by atoms with Gasteiger partial charge in [0.2, 0.25) is 5.91 Å². The van der Waals surface area contributed by atoms with Gasteiger partial charge in [-0.3, -0.25) is 4.79 Å². The van der Waals surface area contributed by atoms with E-state index in [9.17, 15) is 17.6 Å². The molecule has 1 aromatic rings. The summed E-state index contributed by atoms with van der Waals surface area (Å²) >= 11 is 0. The zero-order chi connectivity index (χ0) is 17.0. The predicted molar refractivity (Wildman–Crippen MR) is 87.2 cm³/mol. The van der Waals surface area contributed by atoms with E-state index < -0.39 is 9.84 Å². The second-order valence-corrected chi connectivity index (χ2v) is 8.55. The molecule has 5 nitrogen and oxygen atoms in total. The second kappa shape index (κ2) is 7.40. The Bertz CT molecular complexity index is 644. The first-order valence-corrected chi connectivity index (χ1v) is 9.57. The largest absolute Gasteiger partial charge is 0.351 e. The van der Waals surface area contributed by atoms with Gasteiger partial charge in [-0.1, -0.05) is 26.0 Å². The topological polar surface area (TPSA) is 75.3 Å². The van der Waals surface area contributed by atoms with Crippen LogP contribution in [0.2, 0.25) is 0 Å².